The number of aliphatic hydroxyl groups is 1. The lowest BCUT2D eigenvalue weighted by Gasteiger charge is -2.21. The molecule has 0 rings (SSSR count). The van der Waals surface area contributed by atoms with Crippen LogP contribution in [0.3, 0.4) is 0 Å². The normalized spacial score (nSPS) is 14.0. The summed E-state index contributed by atoms with van der Waals surface area (Å²) in [5.74, 6) is -0.614. The topological polar surface area (TPSA) is 237 Å². The molecule has 0 fully saturated rings. The molecule has 0 aliphatic heterocycles. The molecular weight excluding hydrogens is 1270 g/mol. The number of hydrogen-bond donors (Lipinski definition) is 3. The number of hydrogen-bond acceptors (Lipinski definition) is 15. The van der Waals surface area contributed by atoms with Gasteiger partial charge in [0, 0.05) is 25.7 Å². The van der Waals surface area contributed by atoms with E-state index >= 15 is 0 Å². The minimum absolute atomic E-state index is 0.107. The number of unbranched alkanes of at least 4 members (excludes halogenated alkanes) is 47. The van der Waals surface area contributed by atoms with E-state index in [2.05, 4.69) is 41.5 Å². The van der Waals surface area contributed by atoms with E-state index in [9.17, 15) is 43.2 Å². The highest BCUT2D eigenvalue weighted by atomic mass is 31.2. The van der Waals surface area contributed by atoms with Crippen molar-refractivity contribution in [2.75, 3.05) is 39.6 Å². The predicted octanol–water partition coefficient (Wildman–Crippen LogP) is 23.1. The largest absolute Gasteiger partial charge is 0.472 e. The maximum Gasteiger partial charge on any atom is 0.472 e. The molecule has 0 heterocycles. The first-order valence-electron chi connectivity index (χ1n) is 40.5. The summed E-state index contributed by atoms with van der Waals surface area (Å²) in [4.78, 5) is 72.9. The molecular formula is C78H152O17P2. The van der Waals surface area contributed by atoms with Crippen LogP contribution >= 0.6 is 15.6 Å². The first kappa shape index (κ1) is 95.1. The smallest absolute Gasteiger partial charge is 0.462 e. The van der Waals surface area contributed by atoms with Crippen LogP contribution in [-0.2, 0) is 65.4 Å². The Kier molecular flexibility index (Phi) is 68.4. The van der Waals surface area contributed by atoms with Crippen molar-refractivity contribution in [1.29, 1.82) is 0 Å². The second-order valence-electron chi connectivity index (χ2n) is 29.1. The fourth-order valence-electron chi connectivity index (χ4n) is 12.0. The summed E-state index contributed by atoms with van der Waals surface area (Å²) in [7, 11) is -9.91. The Morgan fingerprint density at radius 1 is 0.278 bits per heavy atom. The number of carbonyl (C=O) groups is 4. The van der Waals surface area contributed by atoms with Crippen molar-refractivity contribution < 1.29 is 80.2 Å². The summed E-state index contributed by atoms with van der Waals surface area (Å²) in [6, 6.07) is 0. The number of esters is 4. The SMILES string of the molecule is CCCCCCCCCCCCCCCCCCCCCC(=O)O[C@H](COC(=O)CCCCCCCCCCCCCC(C)C)COP(=O)(O)OC[C@@H](O)COP(=O)(O)OC[C@@H](COC(=O)CCCCCCCCCCC(C)C)OC(=O)CCCCCCCCCCCCCCC. The highest BCUT2D eigenvalue weighted by molar-refractivity contribution is 7.47. The van der Waals surface area contributed by atoms with Crippen LogP contribution in [0.15, 0.2) is 0 Å². The zero-order chi connectivity index (χ0) is 71.4. The summed E-state index contributed by atoms with van der Waals surface area (Å²) >= 11 is 0. The van der Waals surface area contributed by atoms with Crippen molar-refractivity contribution in [3.8, 4) is 0 Å². The van der Waals surface area contributed by atoms with Gasteiger partial charge < -0.3 is 33.8 Å². The molecule has 0 bridgehead atoms. The highest BCUT2D eigenvalue weighted by Crippen LogP contribution is 2.45. The molecule has 17 nitrogen and oxygen atoms in total. The first-order chi connectivity index (χ1) is 46.9. The fraction of sp³-hybridized carbons (Fsp3) is 0.949. The van der Waals surface area contributed by atoms with Crippen molar-refractivity contribution in [3.63, 3.8) is 0 Å². The number of aliphatic hydroxyl groups excluding tert-OH is 1. The zero-order valence-electron chi connectivity index (χ0n) is 63.4. The van der Waals surface area contributed by atoms with E-state index < -0.39 is 97.5 Å². The van der Waals surface area contributed by atoms with Gasteiger partial charge in [-0.15, -0.1) is 0 Å². The van der Waals surface area contributed by atoms with Crippen molar-refractivity contribution in [3.05, 3.63) is 0 Å². The molecule has 0 amide bonds. The predicted molar refractivity (Wildman–Crippen MR) is 395 cm³/mol. The quantitative estimate of drug-likeness (QED) is 0.0222. The molecule has 0 aliphatic rings. The third-order valence-electron chi connectivity index (χ3n) is 18.2. The number of rotatable bonds is 77. The van der Waals surface area contributed by atoms with E-state index in [1.54, 1.807) is 0 Å². The van der Waals surface area contributed by atoms with Crippen molar-refractivity contribution in [1.82, 2.24) is 0 Å². The van der Waals surface area contributed by atoms with Crippen LogP contribution in [0.5, 0.6) is 0 Å². The highest BCUT2D eigenvalue weighted by Gasteiger charge is 2.30. The van der Waals surface area contributed by atoms with E-state index in [0.29, 0.717) is 25.7 Å². The molecule has 19 heteroatoms. The lowest BCUT2D eigenvalue weighted by molar-refractivity contribution is -0.161. The number of phosphoric acid groups is 2. The molecule has 2 unspecified atom stereocenters. The van der Waals surface area contributed by atoms with Crippen molar-refractivity contribution in [2.24, 2.45) is 11.8 Å². The summed E-state index contributed by atoms with van der Waals surface area (Å²) in [5, 5.41) is 10.6. The minimum atomic E-state index is -4.96. The third-order valence-corrected chi connectivity index (χ3v) is 20.1. The van der Waals surface area contributed by atoms with Gasteiger partial charge in [-0.2, -0.15) is 0 Å². The lowest BCUT2D eigenvalue weighted by atomic mass is 10.0. The van der Waals surface area contributed by atoms with Gasteiger partial charge in [-0.05, 0) is 37.5 Å². The van der Waals surface area contributed by atoms with Crippen LogP contribution in [0.2, 0.25) is 0 Å². The van der Waals surface area contributed by atoms with E-state index in [4.69, 9.17) is 37.0 Å². The average Bonchev–Trinajstić information content (AvgIpc) is 1.33. The van der Waals surface area contributed by atoms with Crippen LogP contribution in [0.4, 0.5) is 0 Å². The Labute approximate surface area is 594 Å². The average molecular weight is 1420 g/mol. The number of phosphoric ester groups is 2. The van der Waals surface area contributed by atoms with Crippen LogP contribution in [0.1, 0.15) is 408 Å². The molecule has 0 radical (unpaired) electrons. The van der Waals surface area contributed by atoms with Crippen LogP contribution in [0.25, 0.3) is 0 Å². The Morgan fingerprint density at radius 2 is 0.474 bits per heavy atom. The molecule has 97 heavy (non-hydrogen) atoms. The van der Waals surface area contributed by atoms with Gasteiger partial charge >= 0.3 is 39.5 Å². The van der Waals surface area contributed by atoms with E-state index in [1.165, 1.54) is 225 Å². The first-order valence-corrected chi connectivity index (χ1v) is 43.5. The summed E-state index contributed by atoms with van der Waals surface area (Å²) in [6.07, 6.45) is 58.2. The monoisotopic (exact) mass is 1420 g/mol. The molecule has 0 aromatic rings. The summed E-state index contributed by atoms with van der Waals surface area (Å²) in [5.41, 5.74) is 0. The van der Waals surface area contributed by atoms with Gasteiger partial charge in [0.1, 0.15) is 19.3 Å². The molecule has 5 atom stereocenters. The number of carbonyl (C=O) groups excluding carboxylic acids is 4. The maximum absolute atomic E-state index is 13.1. The molecule has 576 valence electrons. The number of ether oxygens (including phenoxy) is 4. The molecule has 0 aromatic carbocycles. The second kappa shape index (κ2) is 69.8. The van der Waals surface area contributed by atoms with Crippen LogP contribution in [0, 0.1) is 11.8 Å². The minimum Gasteiger partial charge on any atom is -0.462 e. The second-order valence-corrected chi connectivity index (χ2v) is 32.0. The molecule has 0 saturated carbocycles. The van der Waals surface area contributed by atoms with Gasteiger partial charge in [-0.25, -0.2) is 9.13 Å². The third kappa shape index (κ3) is 72.2. The van der Waals surface area contributed by atoms with E-state index in [0.717, 1.165) is 102 Å². The van der Waals surface area contributed by atoms with Gasteiger partial charge in [0.2, 0.25) is 0 Å². The molecule has 0 saturated heterocycles. The summed E-state index contributed by atoms with van der Waals surface area (Å²) < 4.78 is 68.6. The molecule has 0 spiro atoms. The van der Waals surface area contributed by atoms with Gasteiger partial charge in [0.05, 0.1) is 26.4 Å². The lowest BCUT2D eigenvalue weighted by Crippen LogP contribution is -2.30. The van der Waals surface area contributed by atoms with Gasteiger partial charge in [-0.1, -0.05) is 356 Å². The zero-order valence-corrected chi connectivity index (χ0v) is 65.2. The van der Waals surface area contributed by atoms with Crippen LogP contribution < -0.4 is 0 Å². The van der Waals surface area contributed by atoms with Gasteiger partial charge in [0.25, 0.3) is 0 Å². The molecule has 0 aliphatic carbocycles. The summed E-state index contributed by atoms with van der Waals surface area (Å²) in [6.45, 7) is 9.59. The van der Waals surface area contributed by atoms with Crippen molar-refractivity contribution >= 4 is 39.5 Å². The van der Waals surface area contributed by atoms with Gasteiger partial charge in [-0.3, -0.25) is 37.3 Å². The van der Waals surface area contributed by atoms with E-state index in [-0.39, 0.29) is 25.7 Å². The Hall–Kier alpha value is -1.94. The molecule has 3 N–H and O–H groups in total. The standard InChI is InChI=1S/C78H152O17P2/c1-7-9-11-13-15-17-19-21-22-23-24-25-26-28-32-37-45-51-57-63-78(83)94-73(66-88-75(80)60-54-48-42-35-33-29-30-34-40-46-52-58-70(3)4)68-92-96(84,85)90-64-72(79)65-91-97(86,87)93-69-74(67-89-76(81)61-55-49-43-39-38-41-47-53-59-71(5)6)95-77(82)62-56-50-44-36-31-27-20-18-16-14-12-10-8-2/h70-74,79H,7-69H2,1-6H3,(H,84,85)(H,86,87)/t72-,73-,74-/m1/s1. The Bertz CT molecular complexity index is 1870. The van der Waals surface area contributed by atoms with Crippen molar-refractivity contribution in [2.45, 2.75) is 426 Å². The van der Waals surface area contributed by atoms with Gasteiger partial charge in [0.15, 0.2) is 12.2 Å². The fourth-order valence-corrected chi connectivity index (χ4v) is 13.6. The molecule has 0 aromatic heterocycles. The Morgan fingerprint density at radius 3 is 0.701 bits per heavy atom. The van der Waals surface area contributed by atoms with Crippen LogP contribution in [-0.4, -0.2) is 96.7 Å². The Balaban J connectivity index is 5.24. The maximum atomic E-state index is 13.1. The van der Waals surface area contributed by atoms with E-state index in [1.807, 2.05) is 0 Å².